The Kier molecular flexibility index (Phi) is 17.5. The van der Waals surface area contributed by atoms with Gasteiger partial charge in [0.1, 0.15) is 5.78 Å². The summed E-state index contributed by atoms with van der Waals surface area (Å²) in [7, 11) is -7.28. The van der Waals surface area contributed by atoms with Crippen LogP contribution in [0.2, 0.25) is 15.1 Å². The first-order chi connectivity index (χ1) is 36.8. The summed E-state index contributed by atoms with van der Waals surface area (Å²) in [5.41, 5.74) is 0.427. The molecule has 0 N–H and O–H groups in total. The Bertz CT molecular complexity index is 2500. The quantitative estimate of drug-likeness (QED) is 0.0898. The maximum absolute atomic E-state index is 11.7. The van der Waals surface area contributed by atoms with Gasteiger partial charge in [-0.2, -0.15) is 0 Å². The van der Waals surface area contributed by atoms with E-state index >= 15 is 0 Å². The lowest BCUT2D eigenvalue weighted by atomic mass is 9.88. The van der Waals surface area contributed by atoms with E-state index in [1.54, 1.807) is 0 Å². The fourth-order valence-corrected chi connectivity index (χ4v) is 27.4. The monoisotopic (exact) mass is 1080 g/mol. The fraction of sp³-hybridized carbons (Fsp3) is 0.456. The summed E-state index contributed by atoms with van der Waals surface area (Å²) in [6.45, 7) is 22.9. The Labute approximate surface area is 466 Å². The van der Waals surface area contributed by atoms with Crippen LogP contribution in [0.3, 0.4) is 0 Å². The van der Waals surface area contributed by atoms with Crippen molar-refractivity contribution in [2.24, 2.45) is 0 Å². The van der Waals surface area contributed by atoms with Crippen molar-refractivity contribution >= 4 is 61.9 Å². The maximum Gasteiger partial charge on any atom is 0.261 e. The number of ether oxygens (including phenoxy) is 2. The molecule has 11 rings (SSSR count). The van der Waals surface area contributed by atoms with E-state index in [1.807, 2.05) is 0 Å². The summed E-state index contributed by atoms with van der Waals surface area (Å²) in [4.78, 5) is 11.7. The molecule has 408 valence electrons. The van der Waals surface area contributed by atoms with Gasteiger partial charge >= 0.3 is 0 Å². The minimum absolute atomic E-state index is 0.00281. The van der Waals surface area contributed by atoms with E-state index in [0.717, 1.165) is 77.4 Å². The molecule has 0 aromatic heterocycles. The van der Waals surface area contributed by atoms with E-state index in [4.69, 9.17) is 22.8 Å². The van der Waals surface area contributed by atoms with Crippen LogP contribution in [0.25, 0.3) is 0 Å². The van der Waals surface area contributed by atoms with Crippen LogP contribution in [-0.2, 0) is 27.5 Å². The Morgan fingerprint density at radius 1 is 0.351 bits per heavy atom. The molecule has 5 aliphatic rings. The molecule has 3 aliphatic carbocycles. The van der Waals surface area contributed by atoms with Gasteiger partial charge in [0.2, 0.25) is 0 Å². The van der Waals surface area contributed by atoms with Crippen molar-refractivity contribution in [3.8, 4) is 0 Å². The van der Waals surface area contributed by atoms with Crippen LogP contribution in [0.5, 0.6) is 0 Å². The minimum Gasteiger partial charge on any atom is -0.404 e. The Morgan fingerprint density at radius 3 is 0.727 bits per heavy atom. The summed E-state index contributed by atoms with van der Waals surface area (Å²) in [5, 5.41) is 8.24. The molecule has 6 aromatic carbocycles. The smallest absolute Gasteiger partial charge is 0.261 e. The van der Waals surface area contributed by atoms with Gasteiger partial charge in [-0.15, -0.1) is 0 Å². The second-order valence-electron chi connectivity index (χ2n) is 25.9. The first-order valence-corrected chi connectivity index (χ1v) is 34.7. The SMILES string of the molecule is CC(C)(C)[Si](OC1CCC(=O)CC1)(c1ccccc1)c1ccccc1.CC(C)(C)[Si](OC1CCC2(CC1)CO2)(c1ccccc1)c1ccccc1.CC(C)(C)[Si](OC1CCC2(CC1)CO2)(c1ccccc1)c1ccccc1. The highest BCUT2D eigenvalue weighted by Gasteiger charge is 2.56. The number of benzene rings is 6. The van der Waals surface area contributed by atoms with Crippen LogP contribution in [0.4, 0.5) is 0 Å². The third-order valence-electron chi connectivity index (χ3n) is 17.6. The zero-order valence-corrected chi connectivity index (χ0v) is 50.9. The first kappa shape index (κ1) is 57.1. The maximum atomic E-state index is 11.7. The van der Waals surface area contributed by atoms with Crippen molar-refractivity contribution < 1.29 is 27.5 Å². The summed E-state index contributed by atoms with van der Waals surface area (Å²) < 4.78 is 32.9. The number of Topliss-reactive ketones (excluding diaryl/α,β-unsaturated/α-hetero) is 1. The molecule has 9 heteroatoms. The van der Waals surface area contributed by atoms with Gasteiger partial charge in [-0.25, -0.2) is 0 Å². The van der Waals surface area contributed by atoms with Crippen molar-refractivity contribution in [1.82, 2.24) is 0 Å². The zero-order chi connectivity index (χ0) is 54.4. The molecule has 0 unspecified atom stereocenters. The van der Waals surface area contributed by atoms with Crippen molar-refractivity contribution in [3.63, 3.8) is 0 Å². The number of epoxide rings is 2. The van der Waals surface area contributed by atoms with E-state index in [0.29, 0.717) is 30.8 Å². The highest BCUT2D eigenvalue weighted by molar-refractivity contribution is 7.00. The Morgan fingerprint density at radius 2 is 0.545 bits per heavy atom. The molecule has 0 atom stereocenters. The van der Waals surface area contributed by atoms with E-state index in [-0.39, 0.29) is 32.4 Å². The Hall–Kier alpha value is -4.56. The number of carbonyl (C=O) groups is 1. The van der Waals surface area contributed by atoms with Crippen LogP contribution in [0, 0.1) is 0 Å². The van der Waals surface area contributed by atoms with Gasteiger partial charge in [0.05, 0.1) is 24.4 Å². The number of carbonyl (C=O) groups excluding carboxylic acids is 1. The highest BCUT2D eigenvalue weighted by atomic mass is 28.4. The lowest BCUT2D eigenvalue weighted by molar-refractivity contribution is -0.121. The second-order valence-corrected chi connectivity index (χ2v) is 38.7. The van der Waals surface area contributed by atoms with E-state index < -0.39 is 25.0 Å². The van der Waals surface area contributed by atoms with Crippen LogP contribution >= 0.6 is 0 Å². The average molecular weight is 1090 g/mol. The molecule has 6 aromatic rings. The lowest BCUT2D eigenvalue weighted by Gasteiger charge is -2.46. The number of hydrogen-bond acceptors (Lipinski definition) is 6. The first-order valence-electron chi connectivity index (χ1n) is 29.0. The predicted molar refractivity (Wildman–Crippen MR) is 325 cm³/mol. The molecule has 2 heterocycles. The van der Waals surface area contributed by atoms with Gasteiger partial charge in [0, 0.05) is 31.2 Å². The van der Waals surface area contributed by atoms with E-state index in [9.17, 15) is 4.79 Å². The average Bonchev–Trinajstić information content (AvgIpc) is 4.42. The lowest BCUT2D eigenvalue weighted by Crippen LogP contribution is -2.67. The molecule has 77 heavy (non-hydrogen) atoms. The van der Waals surface area contributed by atoms with Crippen molar-refractivity contribution in [2.75, 3.05) is 13.2 Å². The molecule has 0 radical (unpaired) electrons. The zero-order valence-electron chi connectivity index (χ0n) is 47.9. The van der Waals surface area contributed by atoms with Crippen molar-refractivity contribution in [3.05, 3.63) is 182 Å². The molecule has 6 nitrogen and oxygen atoms in total. The van der Waals surface area contributed by atoms with Gasteiger partial charge in [-0.3, -0.25) is 4.79 Å². The summed E-state index contributed by atoms with van der Waals surface area (Å²) in [5.74, 6) is 0.377. The van der Waals surface area contributed by atoms with Crippen LogP contribution in [0.15, 0.2) is 182 Å². The topological polar surface area (TPSA) is 69.8 Å². The van der Waals surface area contributed by atoms with Gasteiger partial charge < -0.3 is 22.8 Å². The number of ketones is 1. The van der Waals surface area contributed by atoms with E-state index in [2.05, 4.69) is 244 Å². The van der Waals surface area contributed by atoms with Gasteiger partial charge in [0.15, 0.2) is 0 Å². The van der Waals surface area contributed by atoms with Crippen molar-refractivity contribution in [2.45, 2.75) is 184 Å². The molecule has 0 amide bonds. The molecule has 3 saturated carbocycles. The molecule has 2 spiro atoms. The number of rotatable bonds is 12. The summed E-state index contributed by atoms with van der Waals surface area (Å²) in [6, 6.07) is 65.3. The van der Waals surface area contributed by atoms with Gasteiger partial charge in [-0.1, -0.05) is 244 Å². The molecule has 0 bridgehead atoms. The van der Waals surface area contributed by atoms with Crippen LogP contribution < -0.4 is 31.1 Å². The van der Waals surface area contributed by atoms with Crippen molar-refractivity contribution in [1.29, 1.82) is 0 Å². The summed E-state index contributed by atoms with van der Waals surface area (Å²) >= 11 is 0. The third-order valence-corrected chi connectivity index (χ3v) is 32.8. The summed E-state index contributed by atoms with van der Waals surface area (Å²) in [6.07, 6.45) is 12.9. The minimum atomic E-state index is -2.47. The van der Waals surface area contributed by atoms with Crippen LogP contribution in [-0.4, -0.2) is 73.5 Å². The van der Waals surface area contributed by atoms with Gasteiger partial charge in [0.25, 0.3) is 25.0 Å². The largest absolute Gasteiger partial charge is 0.404 e. The highest BCUT2D eigenvalue weighted by Crippen LogP contribution is 2.47. The van der Waals surface area contributed by atoms with Gasteiger partial charge in [-0.05, 0) is 110 Å². The second kappa shape index (κ2) is 23.6. The molecular formula is C68H88O6Si3. The normalized spacial score (nSPS) is 23.1. The van der Waals surface area contributed by atoms with E-state index in [1.165, 1.54) is 31.1 Å². The molecule has 2 aliphatic heterocycles. The Balaban J connectivity index is 0.000000141. The number of hydrogen-bond donors (Lipinski definition) is 0. The molecule has 5 fully saturated rings. The third kappa shape index (κ3) is 12.6. The van der Waals surface area contributed by atoms with Crippen LogP contribution in [0.1, 0.15) is 139 Å². The standard InChI is InChI=1S/2C23H30O2Si.C22H28O2Si/c2*1-22(2,3)26(20-10-6-4-7-11-20,21-12-8-5-9-13-21)25-19-14-16-23(17-15-19)18-24-23;1-22(2,3)25(20-10-6-4-7-11-20,21-12-8-5-9-13-21)24-19-16-14-18(23)15-17-19/h2*4-13,19H,14-18H2,1-3H3;4-13,19H,14-17H2,1-3H3. The predicted octanol–water partition coefficient (Wildman–Crippen LogP) is 12.6. The molecule has 2 saturated heterocycles. The molecular weight excluding hydrogens is 997 g/mol. The fourth-order valence-electron chi connectivity index (χ4n) is 13.1.